The summed E-state index contributed by atoms with van der Waals surface area (Å²) in [5.74, 6) is -1.73. The number of aromatic hydroxyl groups is 1. The number of aliphatic hydroxyl groups is 1. The molecule has 3 rings (SSSR count). The predicted molar refractivity (Wildman–Crippen MR) is 111 cm³/mol. The summed E-state index contributed by atoms with van der Waals surface area (Å²) < 4.78 is 5.07. The molecular formula is C22H25N3O5. The third-order valence-corrected chi connectivity index (χ3v) is 5.03. The molecule has 8 heteroatoms. The van der Waals surface area contributed by atoms with Gasteiger partial charge in [0, 0.05) is 25.0 Å². The van der Waals surface area contributed by atoms with Crippen LogP contribution in [0, 0.1) is 0 Å². The number of rotatable bonds is 7. The standard InChI is InChI=1S/C22H25N3O5/c1-24(2)11-4-12-25-19(14-7-9-23-10-8-14)18(21(28)22(25)29)20(27)16-6-5-15(30-3)13-17(16)26/h5-10,13,19,26-27H,4,11-12H2,1-3H3/t19-/m0/s1. The Hall–Kier alpha value is -3.39. The summed E-state index contributed by atoms with van der Waals surface area (Å²) >= 11 is 0. The summed E-state index contributed by atoms with van der Waals surface area (Å²) in [6, 6.07) is 6.99. The molecule has 2 aromatic rings. The third kappa shape index (κ3) is 4.13. The van der Waals surface area contributed by atoms with Crippen molar-refractivity contribution in [3.63, 3.8) is 0 Å². The van der Waals surface area contributed by atoms with E-state index in [1.54, 1.807) is 30.6 Å². The number of methoxy groups -OCH3 is 1. The molecule has 0 radical (unpaired) electrons. The first kappa shape index (κ1) is 21.3. The first-order valence-corrected chi connectivity index (χ1v) is 9.55. The fourth-order valence-corrected chi connectivity index (χ4v) is 3.54. The smallest absolute Gasteiger partial charge is 0.295 e. The molecule has 30 heavy (non-hydrogen) atoms. The lowest BCUT2D eigenvalue weighted by Gasteiger charge is -2.25. The number of hydrogen-bond donors (Lipinski definition) is 2. The van der Waals surface area contributed by atoms with Crippen molar-refractivity contribution in [2.75, 3.05) is 34.3 Å². The minimum absolute atomic E-state index is 0.0566. The maximum Gasteiger partial charge on any atom is 0.295 e. The van der Waals surface area contributed by atoms with E-state index in [-0.39, 0.29) is 16.9 Å². The number of hydrogen-bond acceptors (Lipinski definition) is 7. The van der Waals surface area contributed by atoms with Crippen molar-refractivity contribution in [2.24, 2.45) is 0 Å². The number of ether oxygens (including phenoxy) is 1. The Labute approximate surface area is 175 Å². The maximum atomic E-state index is 12.9. The van der Waals surface area contributed by atoms with Gasteiger partial charge in [0.2, 0.25) is 0 Å². The SMILES string of the molecule is COc1ccc(C(O)=C2C(=O)C(=O)N(CCCN(C)C)[C@H]2c2ccncc2)c(O)c1. The van der Waals surface area contributed by atoms with E-state index in [4.69, 9.17) is 4.74 Å². The molecule has 158 valence electrons. The highest BCUT2D eigenvalue weighted by Crippen LogP contribution is 2.41. The van der Waals surface area contributed by atoms with E-state index in [0.717, 1.165) is 6.54 Å². The first-order chi connectivity index (χ1) is 14.3. The Morgan fingerprint density at radius 2 is 1.90 bits per heavy atom. The molecule has 0 bridgehead atoms. The number of phenols is 1. The minimum Gasteiger partial charge on any atom is -0.507 e. The number of phenolic OH excluding ortho intramolecular Hbond substituents is 1. The van der Waals surface area contributed by atoms with Crippen molar-refractivity contribution in [1.29, 1.82) is 0 Å². The second-order valence-corrected chi connectivity index (χ2v) is 7.31. The fraction of sp³-hybridized carbons (Fsp3) is 0.318. The topological polar surface area (TPSA) is 103 Å². The van der Waals surface area contributed by atoms with Gasteiger partial charge >= 0.3 is 0 Å². The van der Waals surface area contributed by atoms with E-state index in [9.17, 15) is 19.8 Å². The molecule has 0 saturated carbocycles. The molecule has 1 aliphatic heterocycles. The van der Waals surface area contributed by atoms with Gasteiger partial charge in [-0.25, -0.2) is 0 Å². The number of Topliss-reactive ketones (excluding diaryl/α,β-unsaturated/α-hetero) is 1. The third-order valence-electron chi connectivity index (χ3n) is 5.03. The molecule has 0 unspecified atom stereocenters. The zero-order chi connectivity index (χ0) is 21.8. The lowest BCUT2D eigenvalue weighted by atomic mass is 9.95. The Morgan fingerprint density at radius 1 is 1.20 bits per heavy atom. The summed E-state index contributed by atoms with van der Waals surface area (Å²) in [6.07, 6.45) is 3.80. The van der Waals surface area contributed by atoms with Crippen LogP contribution in [0.15, 0.2) is 48.3 Å². The quantitative estimate of drug-likeness (QED) is 0.409. The van der Waals surface area contributed by atoms with E-state index in [1.807, 2.05) is 19.0 Å². The molecule has 2 N–H and O–H groups in total. The van der Waals surface area contributed by atoms with E-state index in [1.165, 1.54) is 24.1 Å². The summed E-state index contributed by atoms with van der Waals surface area (Å²) in [4.78, 5) is 33.2. The highest BCUT2D eigenvalue weighted by Gasteiger charge is 2.46. The van der Waals surface area contributed by atoms with E-state index in [0.29, 0.717) is 24.3 Å². The van der Waals surface area contributed by atoms with Crippen molar-refractivity contribution >= 4 is 17.4 Å². The van der Waals surface area contributed by atoms with Gasteiger partial charge in [-0.2, -0.15) is 0 Å². The highest BCUT2D eigenvalue weighted by atomic mass is 16.5. The van der Waals surface area contributed by atoms with Crippen LogP contribution in [0.5, 0.6) is 11.5 Å². The summed E-state index contributed by atoms with van der Waals surface area (Å²) in [5.41, 5.74) is 0.654. The first-order valence-electron chi connectivity index (χ1n) is 9.55. The molecular weight excluding hydrogens is 386 g/mol. The second-order valence-electron chi connectivity index (χ2n) is 7.31. The van der Waals surface area contributed by atoms with Crippen LogP contribution in [0.4, 0.5) is 0 Å². The average Bonchev–Trinajstić information content (AvgIpc) is 2.98. The van der Waals surface area contributed by atoms with Crippen LogP contribution >= 0.6 is 0 Å². The fourth-order valence-electron chi connectivity index (χ4n) is 3.54. The summed E-state index contributed by atoms with van der Waals surface area (Å²) in [7, 11) is 5.32. The van der Waals surface area contributed by atoms with Crippen LogP contribution in [-0.4, -0.2) is 71.0 Å². The molecule has 1 atom stereocenters. The van der Waals surface area contributed by atoms with Gasteiger partial charge in [-0.15, -0.1) is 0 Å². The van der Waals surface area contributed by atoms with Crippen LogP contribution in [0.25, 0.3) is 5.76 Å². The van der Waals surface area contributed by atoms with Gasteiger partial charge in [-0.1, -0.05) is 0 Å². The number of likely N-dealkylation sites (tertiary alicyclic amines) is 1. The highest BCUT2D eigenvalue weighted by molar-refractivity contribution is 6.46. The van der Waals surface area contributed by atoms with Gasteiger partial charge in [0.25, 0.3) is 11.7 Å². The van der Waals surface area contributed by atoms with Crippen molar-refractivity contribution < 1.29 is 24.5 Å². The molecule has 2 heterocycles. The summed E-state index contributed by atoms with van der Waals surface area (Å²) in [6.45, 7) is 1.09. The number of pyridine rings is 1. The molecule has 0 aliphatic carbocycles. The number of aromatic nitrogens is 1. The van der Waals surface area contributed by atoms with Crippen LogP contribution in [0.2, 0.25) is 0 Å². The number of benzene rings is 1. The lowest BCUT2D eigenvalue weighted by Crippen LogP contribution is -2.32. The number of carbonyl (C=O) groups is 2. The molecule has 1 aliphatic rings. The Balaban J connectivity index is 2.09. The number of aliphatic hydroxyl groups excluding tert-OH is 1. The van der Waals surface area contributed by atoms with Gasteiger partial charge in [-0.3, -0.25) is 14.6 Å². The molecule has 1 saturated heterocycles. The van der Waals surface area contributed by atoms with E-state index < -0.39 is 23.5 Å². The Morgan fingerprint density at radius 3 is 2.50 bits per heavy atom. The van der Waals surface area contributed by atoms with E-state index >= 15 is 0 Å². The van der Waals surface area contributed by atoms with Gasteiger partial charge in [0.15, 0.2) is 0 Å². The van der Waals surface area contributed by atoms with Gasteiger partial charge in [0.1, 0.15) is 17.3 Å². The Kier molecular flexibility index (Phi) is 6.37. The molecule has 1 fully saturated rings. The number of ketones is 1. The molecule has 1 amide bonds. The molecule has 8 nitrogen and oxygen atoms in total. The summed E-state index contributed by atoms with van der Waals surface area (Å²) in [5, 5.41) is 21.3. The van der Waals surface area contributed by atoms with Crippen LogP contribution < -0.4 is 4.74 Å². The van der Waals surface area contributed by atoms with E-state index in [2.05, 4.69) is 4.98 Å². The van der Waals surface area contributed by atoms with Crippen LogP contribution in [-0.2, 0) is 9.59 Å². The Bertz CT molecular complexity index is 972. The molecule has 1 aromatic carbocycles. The van der Waals surface area contributed by atoms with Gasteiger partial charge in [-0.05, 0) is 56.9 Å². The van der Waals surface area contributed by atoms with Crippen LogP contribution in [0.1, 0.15) is 23.6 Å². The van der Waals surface area contributed by atoms with Crippen molar-refractivity contribution in [2.45, 2.75) is 12.5 Å². The van der Waals surface area contributed by atoms with Crippen molar-refractivity contribution in [3.8, 4) is 11.5 Å². The number of carbonyl (C=O) groups excluding carboxylic acids is 2. The van der Waals surface area contributed by atoms with Crippen LogP contribution in [0.3, 0.4) is 0 Å². The zero-order valence-electron chi connectivity index (χ0n) is 17.2. The number of nitrogens with zero attached hydrogens (tertiary/aromatic N) is 3. The lowest BCUT2D eigenvalue weighted by molar-refractivity contribution is -0.139. The molecule has 0 spiro atoms. The average molecular weight is 411 g/mol. The largest absolute Gasteiger partial charge is 0.507 e. The van der Waals surface area contributed by atoms with Crippen molar-refractivity contribution in [1.82, 2.24) is 14.8 Å². The normalized spacial score (nSPS) is 18.3. The zero-order valence-corrected chi connectivity index (χ0v) is 17.2. The monoisotopic (exact) mass is 411 g/mol. The number of amides is 1. The molecule has 1 aromatic heterocycles. The van der Waals surface area contributed by atoms with Gasteiger partial charge in [0.05, 0.1) is 24.3 Å². The van der Waals surface area contributed by atoms with Crippen molar-refractivity contribution in [3.05, 3.63) is 59.4 Å². The minimum atomic E-state index is -0.783. The second kappa shape index (κ2) is 8.96. The predicted octanol–water partition coefficient (Wildman–Crippen LogP) is 2.17. The maximum absolute atomic E-state index is 12.9. The van der Waals surface area contributed by atoms with Gasteiger partial charge < -0.3 is 24.7 Å².